The van der Waals surface area contributed by atoms with Crippen LogP contribution in [0.4, 0.5) is 4.39 Å². The SMILES string of the molecule is Cc1cc(Oc2ccc(F)c3c2CCC3Oc2ccc(C3C[C@@H]3C(=O)O)cc2)cc(C)c1OCCC(C)(C)O. The Balaban J connectivity index is 1.29. The van der Waals surface area contributed by atoms with E-state index in [1.54, 1.807) is 19.9 Å². The smallest absolute Gasteiger partial charge is 0.307 e. The van der Waals surface area contributed by atoms with Gasteiger partial charge in [0, 0.05) is 17.5 Å². The molecule has 0 amide bonds. The summed E-state index contributed by atoms with van der Waals surface area (Å²) in [6.07, 6.45) is 2.01. The van der Waals surface area contributed by atoms with Crippen molar-refractivity contribution in [2.45, 2.75) is 71.0 Å². The first kappa shape index (κ1) is 27.0. The number of aliphatic carboxylic acids is 1. The van der Waals surface area contributed by atoms with Gasteiger partial charge in [0.2, 0.25) is 0 Å². The molecule has 2 unspecified atom stereocenters. The number of aliphatic hydroxyl groups is 1. The van der Waals surface area contributed by atoms with Gasteiger partial charge in [-0.2, -0.15) is 0 Å². The summed E-state index contributed by atoms with van der Waals surface area (Å²) >= 11 is 0. The monoisotopic (exact) mass is 534 g/mol. The Kier molecular flexibility index (Phi) is 7.29. The summed E-state index contributed by atoms with van der Waals surface area (Å²) < 4.78 is 33.4. The number of halogens is 1. The average molecular weight is 535 g/mol. The van der Waals surface area contributed by atoms with Crippen LogP contribution in [0.1, 0.15) is 72.9 Å². The Labute approximate surface area is 228 Å². The highest BCUT2D eigenvalue weighted by atomic mass is 19.1. The summed E-state index contributed by atoms with van der Waals surface area (Å²) in [7, 11) is 0. The summed E-state index contributed by atoms with van der Waals surface area (Å²) in [6.45, 7) is 7.83. The number of rotatable bonds is 10. The highest BCUT2D eigenvalue weighted by Crippen LogP contribution is 2.48. The van der Waals surface area contributed by atoms with E-state index < -0.39 is 17.7 Å². The Bertz CT molecular complexity index is 1350. The molecule has 3 atom stereocenters. The molecule has 1 fully saturated rings. The zero-order chi connectivity index (χ0) is 27.9. The van der Waals surface area contributed by atoms with E-state index in [4.69, 9.17) is 14.2 Å². The van der Waals surface area contributed by atoms with Crippen LogP contribution in [0.2, 0.25) is 0 Å². The second kappa shape index (κ2) is 10.5. The topological polar surface area (TPSA) is 85.2 Å². The number of hydrogen-bond donors (Lipinski definition) is 2. The molecule has 0 bridgehead atoms. The van der Waals surface area contributed by atoms with Gasteiger partial charge in [-0.25, -0.2) is 4.39 Å². The highest BCUT2D eigenvalue weighted by Gasteiger charge is 2.44. The van der Waals surface area contributed by atoms with Crippen molar-refractivity contribution < 1.29 is 33.6 Å². The van der Waals surface area contributed by atoms with Gasteiger partial charge in [0.25, 0.3) is 0 Å². The molecule has 2 aliphatic rings. The van der Waals surface area contributed by atoms with Gasteiger partial charge in [0.05, 0.1) is 18.1 Å². The third-order valence-corrected chi connectivity index (χ3v) is 7.56. The molecule has 206 valence electrons. The standard InChI is InChI=1S/C32H35FO6/c1-18-15-22(16-19(2)30(18)37-14-13-32(3,4)36)39-27-12-10-26(33)29-23(27)9-11-28(29)38-21-7-5-20(6-8-21)24-17-25(24)31(34)35/h5-8,10,12,15-16,24-25,28,36H,9,11,13-14,17H2,1-4H3,(H,34,35)/t24?,25-,28?/m0/s1. The quantitative estimate of drug-likeness (QED) is 0.291. The van der Waals surface area contributed by atoms with Crippen LogP contribution in [0.25, 0.3) is 0 Å². The maximum Gasteiger partial charge on any atom is 0.307 e. The Morgan fingerprint density at radius 1 is 1.05 bits per heavy atom. The number of aryl methyl sites for hydroxylation is 2. The molecule has 7 heteroatoms. The lowest BCUT2D eigenvalue weighted by atomic mass is 10.1. The van der Waals surface area contributed by atoms with Crippen molar-refractivity contribution in [1.29, 1.82) is 0 Å². The zero-order valence-electron chi connectivity index (χ0n) is 22.8. The molecule has 39 heavy (non-hydrogen) atoms. The summed E-state index contributed by atoms with van der Waals surface area (Å²) in [4.78, 5) is 11.2. The maximum absolute atomic E-state index is 15.0. The van der Waals surface area contributed by atoms with Crippen LogP contribution >= 0.6 is 0 Å². The molecule has 1 saturated carbocycles. The highest BCUT2D eigenvalue weighted by molar-refractivity contribution is 5.75. The minimum atomic E-state index is -0.791. The Hall–Kier alpha value is -3.58. The van der Waals surface area contributed by atoms with Crippen LogP contribution in [0.15, 0.2) is 48.5 Å². The lowest BCUT2D eigenvalue weighted by Crippen LogP contribution is -2.22. The molecule has 0 radical (unpaired) electrons. The fraction of sp³-hybridized carbons (Fsp3) is 0.406. The molecule has 2 N–H and O–H groups in total. The molecule has 3 aromatic rings. The number of carbonyl (C=O) groups is 1. The predicted molar refractivity (Wildman–Crippen MR) is 145 cm³/mol. The number of carboxylic acids is 1. The molecule has 0 saturated heterocycles. The van der Waals surface area contributed by atoms with Crippen LogP contribution in [0.5, 0.6) is 23.0 Å². The van der Waals surface area contributed by atoms with Crippen LogP contribution in [-0.2, 0) is 11.2 Å². The summed E-state index contributed by atoms with van der Waals surface area (Å²) in [5.41, 5.74) is 3.36. The molecule has 0 heterocycles. The van der Waals surface area contributed by atoms with Crippen LogP contribution < -0.4 is 14.2 Å². The third kappa shape index (κ3) is 6.04. The average Bonchev–Trinajstić information content (AvgIpc) is 3.56. The van der Waals surface area contributed by atoms with Gasteiger partial charge >= 0.3 is 5.97 Å². The van der Waals surface area contributed by atoms with E-state index >= 15 is 4.39 Å². The van der Waals surface area contributed by atoms with Gasteiger partial charge in [0.1, 0.15) is 34.9 Å². The van der Waals surface area contributed by atoms with Crippen molar-refractivity contribution in [3.8, 4) is 23.0 Å². The molecule has 0 spiro atoms. The number of benzene rings is 3. The van der Waals surface area contributed by atoms with Gasteiger partial charge in [-0.05, 0) is 106 Å². The van der Waals surface area contributed by atoms with Gasteiger partial charge in [-0.3, -0.25) is 4.79 Å². The predicted octanol–water partition coefficient (Wildman–Crippen LogP) is 7.03. The van der Waals surface area contributed by atoms with Gasteiger partial charge < -0.3 is 24.4 Å². The lowest BCUT2D eigenvalue weighted by molar-refractivity contribution is -0.138. The van der Waals surface area contributed by atoms with Gasteiger partial charge in [-0.15, -0.1) is 0 Å². The van der Waals surface area contributed by atoms with Crippen molar-refractivity contribution in [2.75, 3.05) is 6.61 Å². The van der Waals surface area contributed by atoms with Crippen LogP contribution in [-0.4, -0.2) is 28.4 Å². The van der Waals surface area contributed by atoms with E-state index in [9.17, 15) is 15.0 Å². The maximum atomic E-state index is 15.0. The summed E-state index contributed by atoms with van der Waals surface area (Å²) in [6, 6.07) is 14.4. The van der Waals surface area contributed by atoms with Crippen molar-refractivity contribution >= 4 is 5.97 Å². The fourth-order valence-electron chi connectivity index (χ4n) is 5.38. The van der Waals surface area contributed by atoms with Crippen molar-refractivity contribution in [3.05, 3.63) is 82.2 Å². The van der Waals surface area contributed by atoms with E-state index in [1.165, 1.54) is 6.07 Å². The van der Waals surface area contributed by atoms with E-state index in [-0.39, 0.29) is 17.7 Å². The van der Waals surface area contributed by atoms with Gasteiger partial charge in [-0.1, -0.05) is 12.1 Å². The van der Waals surface area contributed by atoms with Crippen molar-refractivity contribution in [2.24, 2.45) is 5.92 Å². The molecule has 0 aromatic heterocycles. The first-order chi connectivity index (χ1) is 18.5. The Morgan fingerprint density at radius 3 is 2.36 bits per heavy atom. The van der Waals surface area contributed by atoms with Crippen LogP contribution in [0.3, 0.4) is 0 Å². The molecule has 6 nitrogen and oxygen atoms in total. The number of ether oxygens (including phenoxy) is 3. The van der Waals surface area contributed by atoms with E-state index in [0.717, 1.165) is 28.0 Å². The second-order valence-corrected chi connectivity index (χ2v) is 11.3. The number of fused-ring (bicyclic) bond motifs is 1. The molecule has 5 rings (SSSR count). The molecule has 3 aromatic carbocycles. The first-order valence-corrected chi connectivity index (χ1v) is 13.4. The summed E-state index contributed by atoms with van der Waals surface area (Å²) in [5.74, 6) is 1.33. The molecular weight excluding hydrogens is 499 g/mol. The molecule has 2 aliphatic carbocycles. The van der Waals surface area contributed by atoms with E-state index in [0.29, 0.717) is 55.1 Å². The minimum Gasteiger partial charge on any atom is -0.493 e. The second-order valence-electron chi connectivity index (χ2n) is 11.3. The molecule has 0 aliphatic heterocycles. The first-order valence-electron chi connectivity index (χ1n) is 13.4. The molecular formula is C32H35FO6. The van der Waals surface area contributed by atoms with E-state index in [2.05, 4.69) is 0 Å². The Morgan fingerprint density at radius 2 is 1.74 bits per heavy atom. The largest absolute Gasteiger partial charge is 0.493 e. The number of carboxylic acid groups (broad SMARTS) is 1. The van der Waals surface area contributed by atoms with Gasteiger partial charge in [0.15, 0.2) is 0 Å². The van der Waals surface area contributed by atoms with Crippen molar-refractivity contribution in [1.82, 2.24) is 0 Å². The fourth-order valence-corrected chi connectivity index (χ4v) is 5.38. The van der Waals surface area contributed by atoms with Crippen molar-refractivity contribution in [3.63, 3.8) is 0 Å². The van der Waals surface area contributed by atoms with Crippen LogP contribution in [0, 0.1) is 25.6 Å². The normalized spacial score (nSPS) is 19.9. The number of hydrogen-bond acceptors (Lipinski definition) is 5. The third-order valence-electron chi connectivity index (χ3n) is 7.56. The minimum absolute atomic E-state index is 0.0569. The lowest BCUT2D eigenvalue weighted by Gasteiger charge is -2.20. The zero-order valence-corrected chi connectivity index (χ0v) is 22.8. The van der Waals surface area contributed by atoms with E-state index in [1.807, 2.05) is 50.2 Å². The summed E-state index contributed by atoms with van der Waals surface area (Å²) in [5, 5.41) is 19.1.